The smallest absolute Gasteiger partial charge is 0.151 e. The van der Waals surface area contributed by atoms with Gasteiger partial charge in [-0.3, -0.25) is 0 Å². The fourth-order valence-corrected chi connectivity index (χ4v) is 5.37. The zero-order chi connectivity index (χ0) is 22.3. The summed E-state index contributed by atoms with van der Waals surface area (Å²) in [5.74, 6) is 1.88. The average Bonchev–Trinajstić information content (AvgIpc) is 2.80. The number of benzene rings is 3. The first-order chi connectivity index (χ1) is 15.4. The number of hydrogen-bond donors (Lipinski definition) is 0. The number of alkyl halides is 1. The maximum atomic E-state index is 15.7. The first-order valence-corrected chi connectivity index (χ1v) is 11.6. The minimum Gasteiger partial charge on any atom is -0.457 e. The molecule has 2 nitrogen and oxygen atoms in total. The molecule has 3 heteroatoms. The van der Waals surface area contributed by atoms with Gasteiger partial charge in [-0.2, -0.15) is 0 Å². The van der Waals surface area contributed by atoms with Gasteiger partial charge < -0.3 is 9.47 Å². The van der Waals surface area contributed by atoms with E-state index in [1.807, 2.05) is 66.7 Å². The molecule has 1 aliphatic heterocycles. The lowest BCUT2D eigenvalue weighted by Crippen LogP contribution is -2.45. The van der Waals surface area contributed by atoms with Crippen molar-refractivity contribution in [1.29, 1.82) is 0 Å². The summed E-state index contributed by atoms with van der Waals surface area (Å²) in [7, 11) is 0. The van der Waals surface area contributed by atoms with Crippen LogP contribution in [0.5, 0.6) is 11.5 Å². The van der Waals surface area contributed by atoms with Crippen LogP contribution in [0.25, 0.3) is 0 Å². The Morgan fingerprint density at radius 3 is 1.94 bits per heavy atom. The van der Waals surface area contributed by atoms with Crippen LogP contribution in [0.2, 0.25) is 0 Å². The van der Waals surface area contributed by atoms with Crippen molar-refractivity contribution in [2.45, 2.75) is 57.9 Å². The fraction of sp³-hybridized carbons (Fsp3) is 0.379. The molecule has 0 N–H and O–H groups in total. The van der Waals surface area contributed by atoms with Crippen LogP contribution in [0.4, 0.5) is 4.39 Å². The molecule has 0 spiro atoms. The third-order valence-electron chi connectivity index (χ3n) is 7.20. The normalized spacial score (nSPS) is 24.2. The van der Waals surface area contributed by atoms with Gasteiger partial charge in [0.15, 0.2) is 5.60 Å². The molecule has 0 saturated heterocycles. The van der Waals surface area contributed by atoms with Crippen molar-refractivity contribution >= 4 is 0 Å². The van der Waals surface area contributed by atoms with Crippen molar-refractivity contribution in [2.24, 2.45) is 11.3 Å². The van der Waals surface area contributed by atoms with Crippen LogP contribution < -0.4 is 4.74 Å². The van der Waals surface area contributed by atoms with Crippen LogP contribution >= 0.6 is 0 Å². The Balaban J connectivity index is 1.64. The molecular formula is C29H31FO2. The molecule has 2 aliphatic rings. The largest absolute Gasteiger partial charge is 0.457 e. The molecule has 0 unspecified atom stereocenters. The minimum atomic E-state index is -1.00. The summed E-state index contributed by atoms with van der Waals surface area (Å²) < 4.78 is 28.9. The first kappa shape index (κ1) is 21.2. The summed E-state index contributed by atoms with van der Waals surface area (Å²) >= 11 is 0. The van der Waals surface area contributed by atoms with Crippen molar-refractivity contribution in [3.63, 3.8) is 0 Å². The Labute approximate surface area is 190 Å². The lowest BCUT2D eigenvalue weighted by atomic mass is 9.70. The van der Waals surface area contributed by atoms with Gasteiger partial charge in [-0.25, -0.2) is 4.39 Å². The summed E-state index contributed by atoms with van der Waals surface area (Å²) in [5.41, 5.74) is 2.03. The highest BCUT2D eigenvalue weighted by Gasteiger charge is 2.49. The van der Waals surface area contributed by atoms with Gasteiger partial charge in [-0.05, 0) is 48.3 Å². The molecular weight excluding hydrogens is 399 g/mol. The van der Waals surface area contributed by atoms with Gasteiger partial charge in [-0.1, -0.05) is 87.5 Å². The molecule has 3 aromatic rings. The lowest BCUT2D eigenvalue weighted by Gasteiger charge is -2.46. The summed E-state index contributed by atoms with van der Waals surface area (Å²) in [6.07, 6.45) is 0.741. The molecule has 1 aliphatic carbocycles. The van der Waals surface area contributed by atoms with Gasteiger partial charge in [-0.15, -0.1) is 0 Å². The Bertz CT molecular complexity index is 1040. The van der Waals surface area contributed by atoms with E-state index in [2.05, 4.69) is 32.9 Å². The van der Waals surface area contributed by atoms with Crippen molar-refractivity contribution in [2.75, 3.05) is 0 Å². The molecule has 1 heterocycles. The molecule has 32 heavy (non-hydrogen) atoms. The van der Waals surface area contributed by atoms with Crippen LogP contribution in [-0.4, -0.2) is 12.3 Å². The molecule has 1 fully saturated rings. The van der Waals surface area contributed by atoms with Crippen molar-refractivity contribution < 1.29 is 13.9 Å². The monoisotopic (exact) mass is 430 g/mol. The lowest BCUT2D eigenvalue weighted by molar-refractivity contribution is -0.112. The second-order valence-electron chi connectivity index (χ2n) is 10.2. The van der Waals surface area contributed by atoms with E-state index in [9.17, 15) is 0 Å². The molecule has 0 aromatic heterocycles. The van der Waals surface area contributed by atoms with Gasteiger partial charge in [0.05, 0.1) is 6.10 Å². The van der Waals surface area contributed by atoms with Crippen molar-refractivity contribution in [3.8, 4) is 11.5 Å². The van der Waals surface area contributed by atoms with E-state index < -0.39 is 17.9 Å². The highest BCUT2D eigenvalue weighted by molar-refractivity contribution is 5.61. The Morgan fingerprint density at radius 1 is 0.812 bits per heavy atom. The number of hydrogen-bond acceptors (Lipinski definition) is 2. The van der Waals surface area contributed by atoms with E-state index in [0.717, 1.165) is 34.6 Å². The van der Waals surface area contributed by atoms with Gasteiger partial charge in [0.1, 0.15) is 17.7 Å². The van der Waals surface area contributed by atoms with E-state index in [4.69, 9.17) is 9.47 Å². The van der Waals surface area contributed by atoms with E-state index in [1.165, 1.54) is 0 Å². The SMILES string of the molecule is CC(C)(C)[C@H]1CC[C@@H](OC2(c3ccccc3)c3ccccc3Oc3ccccc32)[C@H](F)C1. The Hall–Kier alpha value is -2.65. The van der Waals surface area contributed by atoms with Gasteiger partial charge in [0.2, 0.25) is 0 Å². The summed E-state index contributed by atoms with van der Waals surface area (Å²) in [6, 6.07) is 26.2. The van der Waals surface area contributed by atoms with Crippen molar-refractivity contribution in [3.05, 3.63) is 95.6 Å². The maximum Gasteiger partial charge on any atom is 0.151 e. The molecule has 0 amide bonds. The van der Waals surface area contributed by atoms with Crippen LogP contribution in [-0.2, 0) is 10.3 Å². The number of rotatable bonds is 3. The van der Waals surface area contributed by atoms with E-state index in [1.54, 1.807) is 0 Å². The van der Waals surface area contributed by atoms with E-state index in [-0.39, 0.29) is 5.41 Å². The number of fused-ring (bicyclic) bond motifs is 2. The van der Waals surface area contributed by atoms with Crippen LogP contribution in [0, 0.1) is 11.3 Å². The maximum absolute atomic E-state index is 15.7. The molecule has 0 radical (unpaired) electrons. The van der Waals surface area contributed by atoms with Gasteiger partial charge >= 0.3 is 0 Å². The minimum absolute atomic E-state index is 0.101. The number of halogens is 1. The fourth-order valence-electron chi connectivity index (χ4n) is 5.37. The van der Waals surface area contributed by atoms with Crippen LogP contribution in [0.15, 0.2) is 78.9 Å². The topological polar surface area (TPSA) is 18.5 Å². The van der Waals surface area contributed by atoms with Gasteiger partial charge in [0.25, 0.3) is 0 Å². The predicted octanol–water partition coefficient (Wildman–Crippen LogP) is 7.65. The highest BCUT2D eigenvalue weighted by atomic mass is 19.1. The third kappa shape index (κ3) is 3.53. The predicted molar refractivity (Wildman–Crippen MR) is 126 cm³/mol. The molecule has 166 valence electrons. The second kappa shape index (κ2) is 8.04. The van der Waals surface area contributed by atoms with Crippen molar-refractivity contribution in [1.82, 2.24) is 0 Å². The number of para-hydroxylation sites is 2. The average molecular weight is 431 g/mol. The molecule has 3 atom stereocenters. The van der Waals surface area contributed by atoms with E-state index in [0.29, 0.717) is 18.8 Å². The quantitative estimate of drug-likeness (QED) is 0.425. The van der Waals surface area contributed by atoms with Gasteiger partial charge in [0, 0.05) is 11.1 Å². The standard InChI is InChI=1S/C29H31FO2/c1-28(2,3)21-17-18-27(24(30)19-21)32-29(20-11-5-4-6-12-20)22-13-7-9-15-25(22)31-26-16-10-8-14-23(26)29/h4-16,21,24,27H,17-19H2,1-3H3/t21-,24+,27+/m0/s1. The molecule has 5 rings (SSSR count). The summed E-state index contributed by atoms with van der Waals surface area (Å²) in [4.78, 5) is 0. The van der Waals surface area contributed by atoms with E-state index >= 15 is 4.39 Å². The van der Waals surface area contributed by atoms with Crippen LogP contribution in [0.3, 0.4) is 0 Å². The highest BCUT2D eigenvalue weighted by Crippen LogP contribution is 2.54. The molecule has 0 bridgehead atoms. The molecule has 1 saturated carbocycles. The first-order valence-electron chi connectivity index (χ1n) is 11.6. The summed E-state index contributed by atoms with van der Waals surface area (Å²) in [6.45, 7) is 6.63. The van der Waals surface area contributed by atoms with Crippen LogP contribution in [0.1, 0.15) is 56.7 Å². The summed E-state index contributed by atoms with van der Waals surface area (Å²) in [5, 5.41) is 0. The third-order valence-corrected chi connectivity index (χ3v) is 7.20. The molecule has 3 aromatic carbocycles. The second-order valence-corrected chi connectivity index (χ2v) is 10.2. The zero-order valence-corrected chi connectivity index (χ0v) is 19.1. The Kier molecular flexibility index (Phi) is 5.33. The zero-order valence-electron chi connectivity index (χ0n) is 19.1. The number of ether oxygens (including phenoxy) is 2. The Morgan fingerprint density at radius 2 is 1.38 bits per heavy atom.